The van der Waals surface area contributed by atoms with Crippen LogP contribution in [-0.4, -0.2) is 10.9 Å². The van der Waals surface area contributed by atoms with Gasteiger partial charge < -0.3 is 5.32 Å². The molecule has 1 N–H and O–H groups in total. The van der Waals surface area contributed by atoms with Crippen LogP contribution in [0.5, 0.6) is 0 Å². The van der Waals surface area contributed by atoms with Gasteiger partial charge in [-0.05, 0) is 36.8 Å². The van der Waals surface area contributed by atoms with Crippen molar-refractivity contribution in [1.82, 2.24) is 4.98 Å². The van der Waals surface area contributed by atoms with Gasteiger partial charge in [0.1, 0.15) is 5.82 Å². The third-order valence-corrected chi connectivity index (χ3v) is 3.13. The van der Waals surface area contributed by atoms with E-state index in [2.05, 4.69) is 10.3 Å². The summed E-state index contributed by atoms with van der Waals surface area (Å²) in [7, 11) is 0. The lowest BCUT2D eigenvalue weighted by atomic mass is 10.2. The number of aromatic nitrogens is 1. The Morgan fingerprint density at radius 1 is 1.32 bits per heavy atom. The second-order valence-electron chi connectivity index (χ2n) is 3.88. The van der Waals surface area contributed by atoms with Gasteiger partial charge in [0.25, 0.3) is 5.91 Å². The summed E-state index contributed by atoms with van der Waals surface area (Å²) in [5.41, 5.74) is 1.33. The van der Waals surface area contributed by atoms with Gasteiger partial charge in [-0.25, -0.2) is 9.37 Å². The molecule has 1 heterocycles. The molecular formula is C13H9Cl2FN2O. The molecule has 2 aromatic rings. The molecule has 0 bridgehead atoms. The Bertz CT molecular complexity index is 626. The van der Waals surface area contributed by atoms with Gasteiger partial charge >= 0.3 is 0 Å². The molecule has 0 saturated carbocycles. The number of anilines is 1. The highest BCUT2D eigenvalue weighted by molar-refractivity contribution is 6.33. The lowest BCUT2D eigenvalue weighted by molar-refractivity contribution is 0.102. The van der Waals surface area contributed by atoms with Crippen LogP contribution < -0.4 is 5.32 Å². The minimum absolute atomic E-state index is 0.0351. The lowest BCUT2D eigenvalue weighted by Crippen LogP contribution is -2.13. The Kier molecular flexibility index (Phi) is 4.02. The number of rotatable bonds is 2. The van der Waals surface area contributed by atoms with E-state index in [1.54, 1.807) is 13.0 Å². The molecule has 0 aliphatic rings. The number of aryl methyl sites for hydroxylation is 1. The first kappa shape index (κ1) is 13.8. The normalized spacial score (nSPS) is 10.3. The molecule has 0 unspecified atom stereocenters. The highest BCUT2D eigenvalue weighted by Gasteiger charge is 2.12. The average Bonchev–Trinajstić information content (AvgIpc) is 2.37. The van der Waals surface area contributed by atoms with Crippen molar-refractivity contribution in [2.24, 2.45) is 0 Å². The van der Waals surface area contributed by atoms with Gasteiger partial charge in [-0.15, -0.1) is 0 Å². The number of pyridine rings is 1. The summed E-state index contributed by atoms with van der Waals surface area (Å²) in [4.78, 5) is 15.8. The maximum absolute atomic E-state index is 13.3. The van der Waals surface area contributed by atoms with Crippen molar-refractivity contribution in [3.63, 3.8) is 0 Å². The fraction of sp³-hybridized carbons (Fsp3) is 0.0769. The number of nitrogens with one attached hydrogen (secondary N) is 1. The van der Waals surface area contributed by atoms with E-state index in [-0.39, 0.29) is 15.7 Å². The molecule has 0 saturated heterocycles. The molecule has 1 aromatic carbocycles. The van der Waals surface area contributed by atoms with E-state index in [4.69, 9.17) is 23.2 Å². The van der Waals surface area contributed by atoms with Crippen molar-refractivity contribution in [2.45, 2.75) is 6.92 Å². The molecule has 2 rings (SSSR count). The Labute approximate surface area is 119 Å². The molecule has 0 radical (unpaired) electrons. The van der Waals surface area contributed by atoms with Crippen molar-refractivity contribution in [2.75, 3.05) is 5.32 Å². The number of hydrogen-bond donors (Lipinski definition) is 1. The van der Waals surface area contributed by atoms with E-state index in [0.29, 0.717) is 5.69 Å². The summed E-state index contributed by atoms with van der Waals surface area (Å²) in [5, 5.41) is 2.75. The van der Waals surface area contributed by atoms with Crippen LogP contribution in [0.2, 0.25) is 10.2 Å². The third-order valence-electron chi connectivity index (χ3n) is 2.53. The Balaban J connectivity index is 2.28. The smallest absolute Gasteiger partial charge is 0.255 e. The minimum atomic E-state index is -0.650. The monoisotopic (exact) mass is 298 g/mol. The lowest BCUT2D eigenvalue weighted by Gasteiger charge is -2.09. The molecular weight excluding hydrogens is 290 g/mol. The van der Waals surface area contributed by atoms with Crippen LogP contribution in [0.4, 0.5) is 10.1 Å². The van der Waals surface area contributed by atoms with Crippen LogP contribution in [0.25, 0.3) is 0 Å². The van der Waals surface area contributed by atoms with E-state index in [1.807, 2.05) is 0 Å². The number of halogens is 3. The molecule has 0 spiro atoms. The van der Waals surface area contributed by atoms with Crippen LogP contribution in [-0.2, 0) is 0 Å². The first-order valence-corrected chi connectivity index (χ1v) is 6.12. The molecule has 3 nitrogen and oxygen atoms in total. The van der Waals surface area contributed by atoms with E-state index >= 15 is 0 Å². The first-order valence-electron chi connectivity index (χ1n) is 5.36. The Hall–Kier alpha value is -1.65. The highest BCUT2D eigenvalue weighted by Crippen LogP contribution is 2.24. The fourth-order valence-corrected chi connectivity index (χ4v) is 1.87. The van der Waals surface area contributed by atoms with Crippen molar-refractivity contribution in [1.29, 1.82) is 0 Å². The second kappa shape index (κ2) is 5.55. The van der Waals surface area contributed by atoms with Gasteiger partial charge in [0.2, 0.25) is 0 Å². The molecule has 98 valence electrons. The molecule has 1 amide bonds. The van der Waals surface area contributed by atoms with E-state index in [1.165, 1.54) is 18.3 Å². The standard InChI is InChI=1S/C13H9Cl2FN2O/c1-7-4-5-17-12(15)11(7)18-13(19)8-2-3-9(14)10(16)6-8/h2-6H,1H3,(H,18,19). The number of nitrogens with zero attached hydrogens (tertiary/aromatic N) is 1. The van der Waals surface area contributed by atoms with Crippen LogP contribution in [0, 0.1) is 12.7 Å². The minimum Gasteiger partial charge on any atom is -0.319 e. The Morgan fingerprint density at radius 2 is 2.05 bits per heavy atom. The topological polar surface area (TPSA) is 42.0 Å². The molecule has 19 heavy (non-hydrogen) atoms. The molecule has 1 aromatic heterocycles. The van der Waals surface area contributed by atoms with E-state index < -0.39 is 11.7 Å². The molecule has 0 fully saturated rings. The van der Waals surface area contributed by atoms with Crippen LogP contribution in [0.1, 0.15) is 15.9 Å². The highest BCUT2D eigenvalue weighted by atomic mass is 35.5. The summed E-state index contributed by atoms with van der Waals surface area (Å²) in [6, 6.07) is 5.53. The second-order valence-corrected chi connectivity index (χ2v) is 4.64. The zero-order chi connectivity index (χ0) is 14.0. The molecule has 0 atom stereocenters. The largest absolute Gasteiger partial charge is 0.319 e. The van der Waals surface area contributed by atoms with Gasteiger partial charge in [0.05, 0.1) is 10.7 Å². The van der Waals surface area contributed by atoms with Crippen molar-refractivity contribution < 1.29 is 9.18 Å². The predicted octanol–water partition coefficient (Wildman–Crippen LogP) is 4.09. The summed E-state index contributed by atoms with van der Waals surface area (Å²) in [6.07, 6.45) is 1.54. The zero-order valence-electron chi connectivity index (χ0n) is 9.88. The maximum Gasteiger partial charge on any atom is 0.255 e. The first-order chi connectivity index (χ1) is 8.99. The van der Waals surface area contributed by atoms with Gasteiger partial charge in [0.15, 0.2) is 5.15 Å². The zero-order valence-corrected chi connectivity index (χ0v) is 11.4. The molecule has 0 aliphatic heterocycles. The summed E-state index contributed by atoms with van der Waals surface area (Å²) < 4.78 is 13.3. The van der Waals surface area contributed by atoms with Crippen molar-refractivity contribution in [3.05, 3.63) is 57.6 Å². The molecule has 0 aliphatic carbocycles. The number of benzene rings is 1. The SMILES string of the molecule is Cc1ccnc(Cl)c1NC(=O)c1ccc(Cl)c(F)c1. The van der Waals surface area contributed by atoms with Crippen LogP contribution in [0.3, 0.4) is 0 Å². The number of carbonyl (C=O) groups excluding carboxylic acids is 1. The quantitative estimate of drug-likeness (QED) is 0.849. The summed E-state index contributed by atoms with van der Waals surface area (Å²) >= 11 is 11.5. The van der Waals surface area contributed by atoms with Crippen molar-refractivity contribution >= 4 is 34.8 Å². The van der Waals surface area contributed by atoms with Crippen LogP contribution >= 0.6 is 23.2 Å². The maximum atomic E-state index is 13.3. The average molecular weight is 299 g/mol. The van der Waals surface area contributed by atoms with Crippen LogP contribution in [0.15, 0.2) is 30.5 Å². The van der Waals surface area contributed by atoms with E-state index in [0.717, 1.165) is 11.6 Å². The molecule has 6 heteroatoms. The number of amides is 1. The number of hydrogen-bond acceptors (Lipinski definition) is 2. The Morgan fingerprint density at radius 3 is 2.68 bits per heavy atom. The van der Waals surface area contributed by atoms with Gasteiger partial charge in [0, 0.05) is 11.8 Å². The van der Waals surface area contributed by atoms with Crippen molar-refractivity contribution in [3.8, 4) is 0 Å². The van der Waals surface area contributed by atoms with E-state index in [9.17, 15) is 9.18 Å². The summed E-state index contributed by atoms with van der Waals surface area (Å²) in [6.45, 7) is 1.78. The van der Waals surface area contributed by atoms with Gasteiger partial charge in [-0.3, -0.25) is 4.79 Å². The predicted molar refractivity (Wildman–Crippen MR) is 73.3 cm³/mol. The van der Waals surface area contributed by atoms with Gasteiger partial charge in [-0.1, -0.05) is 23.2 Å². The number of carbonyl (C=O) groups is 1. The van der Waals surface area contributed by atoms with Gasteiger partial charge in [-0.2, -0.15) is 0 Å². The fourth-order valence-electron chi connectivity index (χ4n) is 1.50. The summed E-state index contributed by atoms with van der Waals surface area (Å²) in [5.74, 6) is -1.13. The third kappa shape index (κ3) is 3.03.